The van der Waals surface area contributed by atoms with Gasteiger partial charge in [-0.1, -0.05) is 6.92 Å². The van der Waals surface area contributed by atoms with Gasteiger partial charge in [-0.3, -0.25) is 0 Å². The maximum atomic E-state index is 13.1. The summed E-state index contributed by atoms with van der Waals surface area (Å²) < 4.78 is 13.1. The Morgan fingerprint density at radius 2 is 2.29 bits per heavy atom. The van der Waals surface area contributed by atoms with Gasteiger partial charge < -0.3 is 10.2 Å². The molecule has 1 aliphatic rings. The van der Waals surface area contributed by atoms with Crippen molar-refractivity contribution in [1.82, 2.24) is 5.32 Å². The van der Waals surface area contributed by atoms with Crippen molar-refractivity contribution < 1.29 is 4.39 Å². The van der Waals surface area contributed by atoms with Crippen molar-refractivity contribution in [1.29, 1.82) is 5.26 Å². The second kappa shape index (κ2) is 5.15. The van der Waals surface area contributed by atoms with E-state index in [2.05, 4.69) is 23.2 Å². The van der Waals surface area contributed by atoms with Crippen LogP contribution in [0.1, 0.15) is 18.9 Å². The fourth-order valence-corrected chi connectivity index (χ4v) is 2.08. The minimum Gasteiger partial charge on any atom is -0.365 e. The van der Waals surface area contributed by atoms with E-state index in [1.165, 1.54) is 12.1 Å². The molecule has 0 atom stereocenters. The highest BCUT2D eigenvalue weighted by atomic mass is 19.1. The number of halogens is 1. The molecule has 4 heteroatoms. The zero-order valence-corrected chi connectivity index (χ0v) is 9.91. The smallest absolute Gasteiger partial charge is 0.124 e. The topological polar surface area (TPSA) is 39.1 Å². The second-order valence-corrected chi connectivity index (χ2v) is 4.28. The normalized spacial score (nSPS) is 15.1. The van der Waals surface area contributed by atoms with Gasteiger partial charge in [0.1, 0.15) is 11.9 Å². The highest BCUT2D eigenvalue weighted by molar-refractivity contribution is 5.60. The Balaban J connectivity index is 2.31. The first-order valence-corrected chi connectivity index (χ1v) is 5.93. The molecule has 1 aromatic carbocycles. The minimum absolute atomic E-state index is 0.353. The lowest BCUT2D eigenvalue weighted by molar-refractivity contribution is 0.412. The summed E-state index contributed by atoms with van der Waals surface area (Å²) in [6, 6.07) is 6.94. The third kappa shape index (κ3) is 2.40. The van der Waals surface area contributed by atoms with Gasteiger partial charge in [0.15, 0.2) is 0 Å². The monoisotopic (exact) mass is 233 g/mol. The molecule has 0 unspecified atom stereocenters. The van der Waals surface area contributed by atoms with E-state index in [1.807, 2.05) is 0 Å². The van der Waals surface area contributed by atoms with Crippen molar-refractivity contribution >= 4 is 5.69 Å². The summed E-state index contributed by atoms with van der Waals surface area (Å²) in [6.07, 6.45) is 1.01. The maximum absolute atomic E-state index is 13.1. The number of rotatable bonds is 4. The SMILES string of the molecule is CCCN(c1ccc(F)cc1C#N)C1CNC1. The lowest BCUT2D eigenvalue weighted by Crippen LogP contribution is -2.57. The van der Waals surface area contributed by atoms with Crippen LogP contribution in [0.15, 0.2) is 18.2 Å². The van der Waals surface area contributed by atoms with Gasteiger partial charge in [0.2, 0.25) is 0 Å². The van der Waals surface area contributed by atoms with Gasteiger partial charge in [-0.2, -0.15) is 5.26 Å². The fourth-order valence-electron chi connectivity index (χ4n) is 2.08. The molecule has 1 fully saturated rings. The van der Waals surface area contributed by atoms with Crippen LogP contribution in [0.5, 0.6) is 0 Å². The zero-order chi connectivity index (χ0) is 12.3. The molecule has 0 spiro atoms. The molecular formula is C13H16FN3. The van der Waals surface area contributed by atoms with Gasteiger partial charge in [-0.25, -0.2) is 4.39 Å². The molecule has 0 saturated carbocycles. The molecule has 3 nitrogen and oxygen atoms in total. The predicted molar refractivity (Wildman–Crippen MR) is 65.4 cm³/mol. The number of benzene rings is 1. The van der Waals surface area contributed by atoms with Crippen molar-refractivity contribution in [2.75, 3.05) is 24.5 Å². The average molecular weight is 233 g/mol. The molecule has 17 heavy (non-hydrogen) atoms. The molecule has 0 bridgehead atoms. The summed E-state index contributed by atoms with van der Waals surface area (Å²) in [5.41, 5.74) is 1.27. The maximum Gasteiger partial charge on any atom is 0.124 e. The van der Waals surface area contributed by atoms with E-state index < -0.39 is 0 Å². The first kappa shape index (κ1) is 11.9. The Labute approximate surface area is 101 Å². The molecule has 1 saturated heterocycles. The molecule has 2 rings (SSSR count). The Hall–Kier alpha value is -1.60. The van der Waals surface area contributed by atoms with Crippen LogP contribution < -0.4 is 10.2 Å². The Bertz CT molecular complexity index is 435. The van der Waals surface area contributed by atoms with E-state index in [-0.39, 0.29) is 5.82 Å². The van der Waals surface area contributed by atoms with E-state index >= 15 is 0 Å². The molecule has 1 heterocycles. The zero-order valence-electron chi connectivity index (χ0n) is 9.91. The largest absolute Gasteiger partial charge is 0.365 e. The average Bonchev–Trinajstić information content (AvgIpc) is 2.26. The molecule has 90 valence electrons. The molecule has 0 aromatic heterocycles. The van der Waals surface area contributed by atoms with Crippen molar-refractivity contribution in [2.45, 2.75) is 19.4 Å². The first-order chi connectivity index (χ1) is 8.26. The highest BCUT2D eigenvalue weighted by Gasteiger charge is 2.25. The van der Waals surface area contributed by atoms with Gasteiger partial charge in [-0.15, -0.1) is 0 Å². The molecule has 1 aromatic rings. The van der Waals surface area contributed by atoms with E-state index in [0.717, 1.165) is 31.7 Å². The van der Waals surface area contributed by atoms with E-state index in [0.29, 0.717) is 11.6 Å². The molecule has 0 radical (unpaired) electrons. The number of anilines is 1. The summed E-state index contributed by atoms with van der Waals surface area (Å²) >= 11 is 0. The van der Waals surface area contributed by atoms with Gasteiger partial charge in [0, 0.05) is 19.6 Å². The van der Waals surface area contributed by atoms with E-state index in [4.69, 9.17) is 5.26 Å². The third-order valence-electron chi connectivity index (χ3n) is 3.05. The number of nitriles is 1. The predicted octanol–water partition coefficient (Wildman–Crippen LogP) is 1.89. The molecule has 0 aliphatic carbocycles. The van der Waals surface area contributed by atoms with Crippen LogP contribution in [-0.2, 0) is 0 Å². The highest BCUT2D eigenvalue weighted by Crippen LogP contribution is 2.24. The van der Waals surface area contributed by atoms with E-state index in [1.54, 1.807) is 6.07 Å². The third-order valence-corrected chi connectivity index (χ3v) is 3.05. The van der Waals surface area contributed by atoms with Crippen molar-refractivity contribution in [3.8, 4) is 6.07 Å². The first-order valence-electron chi connectivity index (χ1n) is 5.93. The van der Waals surface area contributed by atoms with Crippen LogP contribution in [0.2, 0.25) is 0 Å². The molecule has 1 aliphatic heterocycles. The van der Waals surface area contributed by atoms with Gasteiger partial charge in [0.25, 0.3) is 0 Å². The summed E-state index contributed by atoms with van der Waals surface area (Å²) in [7, 11) is 0. The second-order valence-electron chi connectivity index (χ2n) is 4.28. The van der Waals surface area contributed by atoms with Crippen LogP contribution in [0.3, 0.4) is 0 Å². The molecule has 1 N–H and O–H groups in total. The van der Waals surface area contributed by atoms with Crippen molar-refractivity contribution in [3.05, 3.63) is 29.6 Å². The fraction of sp³-hybridized carbons (Fsp3) is 0.462. The molecule has 0 amide bonds. The molecular weight excluding hydrogens is 217 g/mol. The lowest BCUT2D eigenvalue weighted by atomic mass is 10.1. The number of nitrogens with one attached hydrogen (secondary N) is 1. The number of hydrogen-bond donors (Lipinski definition) is 1. The minimum atomic E-state index is -0.353. The lowest BCUT2D eigenvalue weighted by Gasteiger charge is -2.40. The Morgan fingerprint density at radius 1 is 1.53 bits per heavy atom. The standard InChI is InChI=1S/C13H16FN3/c1-2-5-17(12-8-16-9-12)13-4-3-11(14)6-10(13)7-15/h3-4,6,12,16H,2,5,8-9H2,1H3. The number of hydrogen-bond acceptors (Lipinski definition) is 3. The van der Waals surface area contributed by atoms with Gasteiger partial charge in [-0.05, 0) is 24.6 Å². The Morgan fingerprint density at radius 3 is 2.82 bits per heavy atom. The summed E-state index contributed by atoms with van der Waals surface area (Å²) in [4.78, 5) is 2.20. The van der Waals surface area contributed by atoms with Crippen LogP contribution in [0.4, 0.5) is 10.1 Å². The van der Waals surface area contributed by atoms with Crippen LogP contribution in [0, 0.1) is 17.1 Å². The summed E-state index contributed by atoms with van der Waals surface area (Å²) in [5.74, 6) is -0.353. The van der Waals surface area contributed by atoms with Crippen molar-refractivity contribution in [2.24, 2.45) is 0 Å². The summed E-state index contributed by atoms with van der Waals surface area (Å²) in [6.45, 7) is 4.87. The number of nitrogens with zero attached hydrogens (tertiary/aromatic N) is 2. The van der Waals surface area contributed by atoms with Crippen molar-refractivity contribution in [3.63, 3.8) is 0 Å². The van der Waals surface area contributed by atoms with Crippen LogP contribution in [0.25, 0.3) is 0 Å². The van der Waals surface area contributed by atoms with E-state index in [9.17, 15) is 4.39 Å². The van der Waals surface area contributed by atoms with Gasteiger partial charge >= 0.3 is 0 Å². The quantitative estimate of drug-likeness (QED) is 0.863. The van der Waals surface area contributed by atoms with Gasteiger partial charge in [0.05, 0.1) is 17.3 Å². The van der Waals surface area contributed by atoms with Crippen LogP contribution >= 0.6 is 0 Å². The summed E-state index contributed by atoms with van der Waals surface area (Å²) in [5, 5.41) is 12.3. The Kier molecular flexibility index (Phi) is 3.60. The van der Waals surface area contributed by atoms with Crippen LogP contribution in [-0.4, -0.2) is 25.7 Å².